The van der Waals surface area contributed by atoms with Crippen LogP contribution in [0.2, 0.25) is 0 Å². The highest BCUT2D eigenvalue weighted by Gasteiger charge is 2.17. The predicted octanol–water partition coefficient (Wildman–Crippen LogP) is 3.85. The van der Waals surface area contributed by atoms with E-state index in [1.807, 2.05) is 18.2 Å². The van der Waals surface area contributed by atoms with E-state index in [0.29, 0.717) is 9.90 Å². The van der Waals surface area contributed by atoms with Crippen molar-refractivity contribution in [3.05, 3.63) is 47.3 Å². The van der Waals surface area contributed by atoms with Gasteiger partial charge in [-0.25, -0.2) is 8.42 Å². The molecule has 19 heavy (non-hydrogen) atoms. The molecule has 0 amide bonds. The second-order valence-electron chi connectivity index (χ2n) is 5.37. The molecule has 1 aromatic heterocycles. The maximum absolute atomic E-state index is 12.1. The Hall–Kier alpha value is -1.33. The number of benzene rings is 1. The molecule has 0 fully saturated rings. The van der Waals surface area contributed by atoms with Crippen LogP contribution in [0.4, 0.5) is 5.69 Å². The molecule has 0 spiro atoms. The molecule has 102 valence electrons. The van der Waals surface area contributed by atoms with Gasteiger partial charge in [0.1, 0.15) is 4.21 Å². The Kier molecular flexibility index (Phi) is 3.69. The van der Waals surface area contributed by atoms with Crippen LogP contribution in [0.25, 0.3) is 0 Å². The highest BCUT2D eigenvalue weighted by Crippen LogP contribution is 2.26. The average Bonchev–Trinajstić information content (AvgIpc) is 2.81. The van der Waals surface area contributed by atoms with Gasteiger partial charge in [-0.2, -0.15) is 0 Å². The number of anilines is 1. The Labute approximate surface area is 118 Å². The van der Waals surface area contributed by atoms with Crippen molar-refractivity contribution < 1.29 is 8.42 Å². The van der Waals surface area contributed by atoms with Crippen molar-refractivity contribution in [2.24, 2.45) is 0 Å². The molecule has 2 aromatic rings. The van der Waals surface area contributed by atoms with Crippen LogP contribution in [-0.4, -0.2) is 8.42 Å². The Bertz CT molecular complexity index is 653. The summed E-state index contributed by atoms with van der Waals surface area (Å²) in [4.78, 5) is 0. The van der Waals surface area contributed by atoms with Gasteiger partial charge in [-0.1, -0.05) is 39.0 Å². The number of hydrogen-bond acceptors (Lipinski definition) is 3. The van der Waals surface area contributed by atoms with Crippen LogP contribution in [0.15, 0.2) is 46.0 Å². The van der Waals surface area contributed by atoms with Crippen molar-refractivity contribution in [2.75, 3.05) is 4.72 Å². The van der Waals surface area contributed by atoms with E-state index in [1.165, 1.54) is 11.3 Å². The second-order valence-corrected chi connectivity index (χ2v) is 8.23. The number of rotatable bonds is 3. The molecule has 0 radical (unpaired) electrons. The first-order valence-corrected chi connectivity index (χ1v) is 8.32. The molecule has 0 aliphatic heterocycles. The van der Waals surface area contributed by atoms with Gasteiger partial charge in [0.05, 0.1) is 0 Å². The Balaban J connectivity index is 2.30. The van der Waals surface area contributed by atoms with Crippen LogP contribution >= 0.6 is 11.3 Å². The topological polar surface area (TPSA) is 46.2 Å². The number of thiophene rings is 1. The van der Waals surface area contributed by atoms with Crippen LogP contribution in [-0.2, 0) is 15.4 Å². The summed E-state index contributed by atoms with van der Waals surface area (Å²) in [6, 6.07) is 10.8. The van der Waals surface area contributed by atoms with Gasteiger partial charge in [0.25, 0.3) is 10.0 Å². The summed E-state index contributed by atoms with van der Waals surface area (Å²) >= 11 is 1.21. The van der Waals surface area contributed by atoms with Crippen molar-refractivity contribution in [2.45, 2.75) is 30.4 Å². The van der Waals surface area contributed by atoms with Crippen molar-refractivity contribution in [3.63, 3.8) is 0 Å². The van der Waals surface area contributed by atoms with Crippen LogP contribution in [0.5, 0.6) is 0 Å². The predicted molar refractivity (Wildman–Crippen MR) is 80.3 cm³/mol. The van der Waals surface area contributed by atoms with Gasteiger partial charge in [0.2, 0.25) is 0 Å². The van der Waals surface area contributed by atoms with Crippen molar-refractivity contribution in [1.29, 1.82) is 0 Å². The third kappa shape index (κ3) is 3.36. The summed E-state index contributed by atoms with van der Waals surface area (Å²) in [6.07, 6.45) is 0. The van der Waals surface area contributed by atoms with Gasteiger partial charge >= 0.3 is 0 Å². The Morgan fingerprint density at radius 3 is 2.42 bits per heavy atom. The fourth-order valence-electron chi connectivity index (χ4n) is 1.67. The first kappa shape index (κ1) is 14.1. The highest BCUT2D eigenvalue weighted by atomic mass is 32.2. The van der Waals surface area contributed by atoms with Gasteiger partial charge in [-0.15, -0.1) is 11.3 Å². The lowest BCUT2D eigenvalue weighted by Crippen LogP contribution is -2.14. The first-order chi connectivity index (χ1) is 8.79. The molecular formula is C14H17NO2S2. The van der Waals surface area contributed by atoms with Crippen LogP contribution < -0.4 is 4.72 Å². The lowest BCUT2D eigenvalue weighted by Gasteiger charge is -2.20. The van der Waals surface area contributed by atoms with E-state index in [0.717, 1.165) is 5.56 Å². The largest absolute Gasteiger partial charge is 0.279 e. The molecule has 0 aliphatic carbocycles. The minimum absolute atomic E-state index is 0.00954. The molecule has 1 aromatic carbocycles. The quantitative estimate of drug-likeness (QED) is 0.935. The molecule has 0 unspecified atom stereocenters. The van der Waals surface area contributed by atoms with E-state index in [1.54, 1.807) is 23.6 Å². The van der Waals surface area contributed by atoms with Gasteiger partial charge in [0, 0.05) is 5.69 Å². The maximum Gasteiger partial charge on any atom is 0.271 e. The Morgan fingerprint density at radius 1 is 1.11 bits per heavy atom. The van der Waals surface area contributed by atoms with Crippen molar-refractivity contribution in [3.8, 4) is 0 Å². The summed E-state index contributed by atoms with van der Waals surface area (Å²) in [5.41, 5.74) is 1.68. The first-order valence-electron chi connectivity index (χ1n) is 5.96. The zero-order valence-electron chi connectivity index (χ0n) is 11.2. The van der Waals surface area contributed by atoms with E-state index in [4.69, 9.17) is 0 Å². The molecule has 0 saturated heterocycles. The second kappa shape index (κ2) is 4.98. The zero-order valence-corrected chi connectivity index (χ0v) is 12.8. The molecule has 0 bridgehead atoms. The van der Waals surface area contributed by atoms with Crippen LogP contribution in [0, 0.1) is 0 Å². The van der Waals surface area contributed by atoms with E-state index in [9.17, 15) is 8.42 Å². The molecule has 0 atom stereocenters. The Morgan fingerprint density at radius 2 is 1.84 bits per heavy atom. The lowest BCUT2D eigenvalue weighted by molar-refractivity contribution is 0.590. The highest BCUT2D eigenvalue weighted by molar-refractivity contribution is 7.94. The fraction of sp³-hybridized carbons (Fsp3) is 0.286. The molecule has 5 heteroatoms. The maximum atomic E-state index is 12.1. The molecule has 0 saturated carbocycles. The lowest BCUT2D eigenvalue weighted by atomic mass is 9.87. The van der Waals surface area contributed by atoms with E-state index in [-0.39, 0.29) is 5.41 Å². The molecule has 1 heterocycles. The average molecular weight is 295 g/mol. The summed E-state index contributed by atoms with van der Waals surface area (Å²) in [7, 11) is -3.46. The number of hydrogen-bond donors (Lipinski definition) is 1. The normalized spacial score (nSPS) is 12.4. The van der Waals surface area contributed by atoms with Gasteiger partial charge in [-0.05, 0) is 34.6 Å². The molecule has 0 aliphatic rings. The summed E-state index contributed by atoms with van der Waals surface area (Å²) in [5, 5.41) is 1.75. The minimum atomic E-state index is -3.46. The van der Waals surface area contributed by atoms with Crippen molar-refractivity contribution in [1.82, 2.24) is 0 Å². The molecule has 2 rings (SSSR count). The van der Waals surface area contributed by atoms with E-state index >= 15 is 0 Å². The summed E-state index contributed by atoms with van der Waals surface area (Å²) in [6.45, 7) is 6.29. The smallest absolute Gasteiger partial charge is 0.271 e. The fourth-order valence-corrected chi connectivity index (χ4v) is 3.71. The third-order valence-electron chi connectivity index (χ3n) is 2.74. The number of sulfonamides is 1. The third-order valence-corrected chi connectivity index (χ3v) is 5.52. The van der Waals surface area contributed by atoms with Gasteiger partial charge in [-0.3, -0.25) is 4.72 Å². The molecule has 3 nitrogen and oxygen atoms in total. The summed E-state index contributed by atoms with van der Waals surface area (Å²) < 4.78 is 27.2. The monoisotopic (exact) mass is 295 g/mol. The van der Waals surface area contributed by atoms with Crippen LogP contribution in [0.1, 0.15) is 26.3 Å². The minimum Gasteiger partial charge on any atom is -0.279 e. The standard InChI is InChI=1S/C14H17NO2S2/c1-14(2,3)11-6-4-7-12(10-11)15-19(16,17)13-8-5-9-18-13/h4-10,15H,1-3H3. The van der Waals surface area contributed by atoms with Gasteiger partial charge < -0.3 is 0 Å². The van der Waals surface area contributed by atoms with Crippen LogP contribution in [0.3, 0.4) is 0 Å². The van der Waals surface area contributed by atoms with E-state index in [2.05, 4.69) is 25.5 Å². The van der Waals surface area contributed by atoms with Gasteiger partial charge in [0.15, 0.2) is 0 Å². The SMILES string of the molecule is CC(C)(C)c1cccc(NS(=O)(=O)c2cccs2)c1. The summed E-state index contributed by atoms with van der Waals surface area (Å²) in [5.74, 6) is 0. The number of nitrogens with one attached hydrogen (secondary N) is 1. The molecular weight excluding hydrogens is 278 g/mol. The van der Waals surface area contributed by atoms with E-state index < -0.39 is 10.0 Å². The van der Waals surface area contributed by atoms with Crippen molar-refractivity contribution >= 4 is 27.0 Å². The zero-order chi connectivity index (χ0) is 14.1. The molecule has 1 N–H and O–H groups in total.